The first-order chi connectivity index (χ1) is 11.2. The van der Waals surface area contributed by atoms with E-state index in [4.69, 9.17) is 4.74 Å². The molecule has 23 heavy (non-hydrogen) atoms. The Morgan fingerprint density at radius 1 is 1.17 bits per heavy atom. The first kappa shape index (κ1) is 15.8. The predicted octanol–water partition coefficient (Wildman–Crippen LogP) is 1.76. The standard InChI is InChI=1S/C18H24N2O3/c1-23-15-6-4-14(5-7-15)8-11-19-16(21)18(9-10-18)17(22)20-12-2-3-13-20/h4-7H,2-3,8-13H2,1H3,(H,19,21). The van der Waals surface area contributed by atoms with Gasteiger partial charge in [-0.1, -0.05) is 12.1 Å². The molecule has 1 aromatic rings. The number of rotatable bonds is 6. The Hall–Kier alpha value is -2.04. The number of ether oxygens (including phenoxy) is 1. The second kappa shape index (κ2) is 6.60. The normalized spacial score (nSPS) is 18.6. The van der Waals surface area contributed by atoms with Crippen molar-refractivity contribution in [1.29, 1.82) is 0 Å². The van der Waals surface area contributed by atoms with Gasteiger partial charge >= 0.3 is 0 Å². The molecule has 1 aromatic carbocycles. The highest BCUT2D eigenvalue weighted by atomic mass is 16.5. The van der Waals surface area contributed by atoms with Crippen LogP contribution < -0.4 is 10.1 Å². The smallest absolute Gasteiger partial charge is 0.238 e. The molecule has 5 heteroatoms. The number of likely N-dealkylation sites (tertiary alicyclic amines) is 1. The van der Waals surface area contributed by atoms with Gasteiger partial charge < -0.3 is 15.0 Å². The van der Waals surface area contributed by atoms with Gasteiger partial charge in [-0.05, 0) is 49.8 Å². The van der Waals surface area contributed by atoms with E-state index in [2.05, 4.69) is 5.32 Å². The minimum atomic E-state index is -0.760. The minimum Gasteiger partial charge on any atom is -0.497 e. The van der Waals surface area contributed by atoms with Crippen LogP contribution in [0.5, 0.6) is 5.75 Å². The molecule has 0 radical (unpaired) electrons. The van der Waals surface area contributed by atoms with E-state index in [0.717, 1.165) is 43.7 Å². The molecule has 0 bridgehead atoms. The largest absolute Gasteiger partial charge is 0.497 e. The summed E-state index contributed by atoms with van der Waals surface area (Å²) in [6.07, 6.45) is 4.25. The number of benzene rings is 1. The highest BCUT2D eigenvalue weighted by molar-refractivity contribution is 6.07. The molecule has 2 fully saturated rings. The fraction of sp³-hybridized carbons (Fsp3) is 0.556. The maximum atomic E-state index is 12.5. The number of amides is 2. The Bertz CT molecular complexity index is 572. The third-order valence-electron chi connectivity index (χ3n) is 4.85. The molecule has 0 unspecified atom stereocenters. The molecular formula is C18H24N2O3. The maximum Gasteiger partial charge on any atom is 0.238 e. The van der Waals surface area contributed by atoms with Gasteiger partial charge in [-0.15, -0.1) is 0 Å². The number of carbonyl (C=O) groups excluding carboxylic acids is 2. The molecule has 3 rings (SSSR count). The summed E-state index contributed by atoms with van der Waals surface area (Å²) in [5.41, 5.74) is 0.381. The van der Waals surface area contributed by atoms with E-state index >= 15 is 0 Å². The lowest BCUT2D eigenvalue weighted by molar-refractivity contribution is -0.143. The van der Waals surface area contributed by atoms with Crippen LogP contribution in [0.3, 0.4) is 0 Å². The van der Waals surface area contributed by atoms with Crippen molar-refractivity contribution < 1.29 is 14.3 Å². The van der Waals surface area contributed by atoms with Crippen molar-refractivity contribution in [2.45, 2.75) is 32.1 Å². The van der Waals surface area contributed by atoms with E-state index in [-0.39, 0.29) is 11.8 Å². The van der Waals surface area contributed by atoms with E-state index < -0.39 is 5.41 Å². The van der Waals surface area contributed by atoms with Crippen LogP contribution >= 0.6 is 0 Å². The number of methoxy groups -OCH3 is 1. The van der Waals surface area contributed by atoms with Gasteiger partial charge in [0.25, 0.3) is 0 Å². The van der Waals surface area contributed by atoms with E-state index in [1.165, 1.54) is 0 Å². The van der Waals surface area contributed by atoms with Crippen molar-refractivity contribution in [3.63, 3.8) is 0 Å². The topological polar surface area (TPSA) is 58.6 Å². The molecule has 1 aliphatic carbocycles. The summed E-state index contributed by atoms with van der Waals surface area (Å²) in [6, 6.07) is 7.81. The molecule has 5 nitrogen and oxygen atoms in total. The van der Waals surface area contributed by atoms with Crippen molar-refractivity contribution in [2.24, 2.45) is 5.41 Å². The Morgan fingerprint density at radius 2 is 1.83 bits per heavy atom. The van der Waals surface area contributed by atoms with Gasteiger partial charge in [-0.3, -0.25) is 9.59 Å². The van der Waals surface area contributed by atoms with Crippen LogP contribution in [-0.2, 0) is 16.0 Å². The lowest BCUT2D eigenvalue weighted by atomic mass is 10.0. The molecule has 0 spiro atoms. The van der Waals surface area contributed by atoms with Gasteiger partial charge in [0.1, 0.15) is 11.2 Å². The van der Waals surface area contributed by atoms with Gasteiger partial charge in [-0.25, -0.2) is 0 Å². The zero-order valence-electron chi connectivity index (χ0n) is 13.6. The summed E-state index contributed by atoms with van der Waals surface area (Å²) >= 11 is 0. The number of nitrogens with one attached hydrogen (secondary N) is 1. The highest BCUT2D eigenvalue weighted by Crippen LogP contribution is 2.47. The van der Waals surface area contributed by atoms with Crippen molar-refractivity contribution in [1.82, 2.24) is 10.2 Å². The monoisotopic (exact) mass is 316 g/mol. The average Bonchev–Trinajstić information content (AvgIpc) is 3.22. The maximum absolute atomic E-state index is 12.5. The molecule has 0 atom stereocenters. The summed E-state index contributed by atoms with van der Waals surface area (Å²) in [7, 11) is 1.64. The average molecular weight is 316 g/mol. The number of carbonyl (C=O) groups is 2. The number of hydrogen-bond donors (Lipinski definition) is 1. The van der Waals surface area contributed by atoms with Crippen molar-refractivity contribution in [3.05, 3.63) is 29.8 Å². The lowest BCUT2D eigenvalue weighted by Gasteiger charge is -2.22. The van der Waals surface area contributed by atoms with E-state index in [0.29, 0.717) is 19.4 Å². The molecule has 1 N–H and O–H groups in total. The fourth-order valence-corrected chi connectivity index (χ4v) is 3.17. The number of nitrogens with zero attached hydrogens (tertiary/aromatic N) is 1. The van der Waals surface area contributed by atoms with Crippen LogP contribution in [0.15, 0.2) is 24.3 Å². The van der Waals surface area contributed by atoms with Gasteiger partial charge in [0.2, 0.25) is 11.8 Å². The molecular weight excluding hydrogens is 292 g/mol. The third-order valence-corrected chi connectivity index (χ3v) is 4.85. The lowest BCUT2D eigenvalue weighted by Crippen LogP contribution is -2.44. The molecule has 2 amide bonds. The second-order valence-corrected chi connectivity index (χ2v) is 6.44. The summed E-state index contributed by atoms with van der Waals surface area (Å²) < 4.78 is 5.13. The van der Waals surface area contributed by atoms with Gasteiger partial charge in [0.15, 0.2) is 0 Å². The summed E-state index contributed by atoms with van der Waals surface area (Å²) in [4.78, 5) is 26.8. The van der Waals surface area contributed by atoms with E-state index in [1.807, 2.05) is 29.2 Å². The van der Waals surface area contributed by atoms with Crippen molar-refractivity contribution in [2.75, 3.05) is 26.7 Å². The third kappa shape index (κ3) is 3.33. The summed E-state index contributed by atoms with van der Waals surface area (Å²) in [5, 5.41) is 2.95. The molecule has 124 valence electrons. The highest BCUT2D eigenvalue weighted by Gasteiger charge is 2.57. The van der Waals surface area contributed by atoms with Crippen molar-refractivity contribution >= 4 is 11.8 Å². The Morgan fingerprint density at radius 3 is 2.39 bits per heavy atom. The van der Waals surface area contributed by atoms with Gasteiger partial charge in [-0.2, -0.15) is 0 Å². The van der Waals surface area contributed by atoms with E-state index in [1.54, 1.807) is 7.11 Å². The Balaban J connectivity index is 1.49. The summed E-state index contributed by atoms with van der Waals surface area (Å²) in [5.74, 6) is 0.769. The Labute approximate surface area is 137 Å². The SMILES string of the molecule is COc1ccc(CCNC(=O)C2(C(=O)N3CCCC3)CC2)cc1. The van der Waals surface area contributed by atoms with Crippen molar-refractivity contribution in [3.8, 4) is 5.75 Å². The van der Waals surface area contributed by atoms with Gasteiger partial charge in [0.05, 0.1) is 7.11 Å². The quantitative estimate of drug-likeness (QED) is 0.814. The van der Waals surface area contributed by atoms with Crippen LogP contribution in [0.4, 0.5) is 0 Å². The zero-order valence-corrected chi connectivity index (χ0v) is 13.6. The molecule has 1 aliphatic heterocycles. The zero-order chi connectivity index (χ0) is 16.3. The molecule has 2 aliphatic rings. The fourth-order valence-electron chi connectivity index (χ4n) is 3.17. The van der Waals surface area contributed by atoms with Crippen LogP contribution in [0.2, 0.25) is 0 Å². The van der Waals surface area contributed by atoms with Crippen LogP contribution in [-0.4, -0.2) is 43.5 Å². The first-order valence-corrected chi connectivity index (χ1v) is 8.36. The Kier molecular flexibility index (Phi) is 4.55. The van der Waals surface area contributed by atoms with Crippen LogP contribution in [0.25, 0.3) is 0 Å². The second-order valence-electron chi connectivity index (χ2n) is 6.44. The summed E-state index contributed by atoms with van der Waals surface area (Å²) in [6.45, 7) is 2.17. The number of hydrogen-bond acceptors (Lipinski definition) is 3. The van der Waals surface area contributed by atoms with Crippen LogP contribution in [0, 0.1) is 5.41 Å². The first-order valence-electron chi connectivity index (χ1n) is 8.36. The van der Waals surface area contributed by atoms with Gasteiger partial charge in [0, 0.05) is 19.6 Å². The molecule has 0 aromatic heterocycles. The van der Waals surface area contributed by atoms with Crippen LogP contribution in [0.1, 0.15) is 31.2 Å². The molecule has 1 heterocycles. The predicted molar refractivity (Wildman–Crippen MR) is 87.2 cm³/mol. The van der Waals surface area contributed by atoms with E-state index in [9.17, 15) is 9.59 Å². The molecule has 1 saturated carbocycles. The molecule has 1 saturated heterocycles. The minimum absolute atomic E-state index is 0.0388.